The summed E-state index contributed by atoms with van der Waals surface area (Å²) >= 11 is 0. The predicted molar refractivity (Wildman–Crippen MR) is 108 cm³/mol. The minimum atomic E-state index is -0.449. The summed E-state index contributed by atoms with van der Waals surface area (Å²) in [5.74, 6) is -0.257. The molecule has 0 atom stereocenters. The van der Waals surface area contributed by atoms with Gasteiger partial charge in [-0.15, -0.1) is 0 Å². The largest absolute Gasteiger partial charge is 0.486 e. The maximum absolute atomic E-state index is 14.6. The van der Waals surface area contributed by atoms with E-state index in [1.807, 2.05) is 59.1 Å². The van der Waals surface area contributed by atoms with Crippen LogP contribution in [0.25, 0.3) is 16.6 Å². The molecule has 0 unspecified atom stereocenters. The van der Waals surface area contributed by atoms with Crippen LogP contribution >= 0.6 is 0 Å². The maximum atomic E-state index is 14.6. The van der Waals surface area contributed by atoms with Gasteiger partial charge in [0.1, 0.15) is 6.61 Å². The molecule has 0 N–H and O–H groups in total. The molecule has 0 fully saturated rings. The van der Waals surface area contributed by atoms with Crippen LogP contribution in [0.1, 0.15) is 28.5 Å². The molecule has 3 nitrogen and oxygen atoms in total. The van der Waals surface area contributed by atoms with E-state index >= 15 is 0 Å². The van der Waals surface area contributed by atoms with Gasteiger partial charge in [-0.3, -0.25) is 4.79 Å². The second-order valence-corrected chi connectivity index (χ2v) is 6.67. The Kier molecular flexibility index (Phi) is 4.94. The topological polar surface area (TPSA) is 30.7 Å². The molecule has 4 rings (SSSR count). The van der Waals surface area contributed by atoms with E-state index in [2.05, 4.69) is 6.92 Å². The lowest BCUT2D eigenvalue weighted by atomic mass is 10.1. The zero-order valence-corrected chi connectivity index (χ0v) is 15.6. The number of halogens is 1. The van der Waals surface area contributed by atoms with Crippen molar-refractivity contribution in [2.24, 2.45) is 0 Å². The summed E-state index contributed by atoms with van der Waals surface area (Å²) < 4.78 is 22.1. The molecule has 0 spiro atoms. The summed E-state index contributed by atoms with van der Waals surface area (Å²) in [6.07, 6.45) is 3.65. The van der Waals surface area contributed by atoms with Crippen LogP contribution in [0.4, 0.5) is 4.39 Å². The molecule has 4 aromatic rings. The highest BCUT2D eigenvalue weighted by atomic mass is 19.1. The summed E-state index contributed by atoms with van der Waals surface area (Å²) in [7, 11) is 0. The number of aldehydes is 1. The van der Waals surface area contributed by atoms with E-state index in [0.29, 0.717) is 23.4 Å². The monoisotopic (exact) mass is 373 g/mol. The number of hydrogen-bond donors (Lipinski definition) is 0. The molecule has 0 bridgehead atoms. The molecule has 0 aliphatic rings. The maximum Gasteiger partial charge on any atom is 0.167 e. The number of ether oxygens (including phenoxy) is 1. The molecule has 140 valence electrons. The lowest BCUT2D eigenvalue weighted by Crippen LogP contribution is -1.98. The Labute approximate surface area is 163 Å². The number of aromatic nitrogens is 1. The molecule has 0 radical (unpaired) electrons. The first kappa shape index (κ1) is 18.0. The van der Waals surface area contributed by atoms with Crippen molar-refractivity contribution in [3.8, 4) is 16.9 Å². The van der Waals surface area contributed by atoms with Gasteiger partial charge in [0, 0.05) is 17.3 Å². The molecule has 28 heavy (non-hydrogen) atoms. The first-order chi connectivity index (χ1) is 13.7. The average Bonchev–Trinajstić information content (AvgIpc) is 3.11. The quantitative estimate of drug-likeness (QED) is 0.406. The first-order valence-corrected chi connectivity index (χ1v) is 9.25. The highest BCUT2D eigenvalue weighted by molar-refractivity contribution is 5.90. The number of fused-ring (bicyclic) bond motifs is 1. The number of pyridine rings is 1. The summed E-state index contributed by atoms with van der Waals surface area (Å²) in [6, 6.07) is 20.4. The Balaban J connectivity index is 1.66. The van der Waals surface area contributed by atoms with Gasteiger partial charge in [0.05, 0.1) is 5.69 Å². The highest BCUT2D eigenvalue weighted by Gasteiger charge is 2.14. The van der Waals surface area contributed by atoms with Gasteiger partial charge in [-0.2, -0.15) is 0 Å². The van der Waals surface area contributed by atoms with Crippen molar-refractivity contribution in [3.63, 3.8) is 0 Å². The summed E-state index contributed by atoms with van der Waals surface area (Å²) in [5, 5.41) is 0. The molecule has 2 aromatic heterocycles. The van der Waals surface area contributed by atoms with E-state index in [4.69, 9.17) is 4.74 Å². The Hall–Kier alpha value is -3.40. The van der Waals surface area contributed by atoms with E-state index in [1.165, 1.54) is 6.07 Å². The van der Waals surface area contributed by atoms with E-state index in [-0.39, 0.29) is 5.75 Å². The third kappa shape index (κ3) is 3.41. The standard InChI is InChI=1S/C24H20FNO2/c1-2-17-8-10-20-13-21(23(15-27)26(20)14-17)19-9-11-24(22(25)12-19)28-16-18-6-4-3-5-7-18/h3-15H,2,16H2,1H3. The highest BCUT2D eigenvalue weighted by Crippen LogP contribution is 2.31. The van der Waals surface area contributed by atoms with Crippen molar-refractivity contribution in [1.82, 2.24) is 4.40 Å². The number of carbonyl (C=O) groups excluding carboxylic acids is 1. The minimum Gasteiger partial charge on any atom is -0.486 e. The fourth-order valence-electron chi connectivity index (χ4n) is 3.32. The minimum absolute atomic E-state index is 0.192. The van der Waals surface area contributed by atoms with Crippen LogP contribution in [0.5, 0.6) is 5.75 Å². The molecule has 2 heterocycles. The number of benzene rings is 2. The third-order valence-corrected chi connectivity index (χ3v) is 4.87. The number of nitrogens with zero attached hydrogens (tertiary/aromatic N) is 1. The molecule has 2 aromatic carbocycles. The van der Waals surface area contributed by atoms with Gasteiger partial charge in [-0.25, -0.2) is 4.39 Å². The van der Waals surface area contributed by atoms with E-state index in [0.717, 1.165) is 29.4 Å². The van der Waals surface area contributed by atoms with Crippen molar-refractivity contribution in [1.29, 1.82) is 0 Å². The average molecular weight is 373 g/mol. The number of rotatable bonds is 6. The van der Waals surface area contributed by atoms with E-state index in [1.54, 1.807) is 12.1 Å². The van der Waals surface area contributed by atoms with Gasteiger partial charge in [0.2, 0.25) is 0 Å². The molecule has 0 amide bonds. The summed E-state index contributed by atoms with van der Waals surface area (Å²) in [4.78, 5) is 11.7. The zero-order chi connectivity index (χ0) is 19.5. The fourth-order valence-corrected chi connectivity index (χ4v) is 3.32. The lowest BCUT2D eigenvalue weighted by molar-refractivity contribution is 0.111. The van der Waals surface area contributed by atoms with Gasteiger partial charge in [0.25, 0.3) is 0 Å². The van der Waals surface area contributed by atoms with Crippen LogP contribution in [-0.4, -0.2) is 10.7 Å². The van der Waals surface area contributed by atoms with Crippen LogP contribution in [0.3, 0.4) is 0 Å². The molecular weight excluding hydrogens is 353 g/mol. The fraction of sp³-hybridized carbons (Fsp3) is 0.125. The van der Waals surface area contributed by atoms with Crippen LogP contribution in [0, 0.1) is 5.82 Å². The van der Waals surface area contributed by atoms with Crippen molar-refractivity contribution < 1.29 is 13.9 Å². The molecule has 0 aliphatic carbocycles. The smallest absolute Gasteiger partial charge is 0.167 e. The number of carbonyl (C=O) groups is 1. The second kappa shape index (κ2) is 7.69. The van der Waals surface area contributed by atoms with Gasteiger partial charge in [-0.05, 0) is 47.4 Å². The predicted octanol–water partition coefficient (Wildman–Crippen LogP) is 5.70. The van der Waals surface area contributed by atoms with Crippen molar-refractivity contribution >= 4 is 11.8 Å². The van der Waals surface area contributed by atoms with Gasteiger partial charge >= 0.3 is 0 Å². The second-order valence-electron chi connectivity index (χ2n) is 6.67. The van der Waals surface area contributed by atoms with Crippen LogP contribution in [-0.2, 0) is 13.0 Å². The molecular formula is C24H20FNO2. The zero-order valence-electron chi connectivity index (χ0n) is 15.6. The Morgan fingerprint density at radius 3 is 2.54 bits per heavy atom. The lowest BCUT2D eigenvalue weighted by Gasteiger charge is -2.09. The van der Waals surface area contributed by atoms with Gasteiger partial charge in [-0.1, -0.05) is 49.4 Å². The normalized spacial score (nSPS) is 10.9. The van der Waals surface area contributed by atoms with Crippen molar-refractivity contribution in [2.75, 3.05) is 0 Å². The summed E-state index contributed by atoms with van der Waals surface area (Å²) in [6.45, 7) is 2.36. The van der Waals surface area contributed by atoms with E-state index < -0.39 is 5.82 Å². The van der Waals surface area contributed by atoms with Crippen molar-refractivity contribution in [3.05, 3.63) is 95.6 Å². The number of aryl methyl sites for hydroxylation is 1. The first-order valence-electron chi connectivity index (χ1n) is 9.25. The van der Waals surface area contributed by atoms with Crippen molar-refractivity contribution in [2.45, 2.75) is 20.0 Å². The van der Waals surface area contributed by atoms with Gasteiger partial charge in [0.15, 0.2) is 17.9 Å². The molecule has 4 heteroatoms. The Morgan fingerprint density at radius 2 is 1.82 bits per heavy atom. The third-order valence-electron chi connectivity index (χ3n) is 4.87. The SMILES string of the molecule is CCc1ccc2cc(-c3ccc(OCc4ccccc4)c(F)c3)c(C=O)n2c1. The molecule has 0 saturated carbocycles. The van der Waals surface area contributed by atoms with Crippen LogP contribution < -0.4 is 4.74 Å². The summed E-state index contributed by atoms with van der Waals surface area (Å²) in [5.41, 5.74) is 4.88. The van der Waals surface area contributed by atoms with Crippen LogP contribution in [0.15, 0.2) is 72.9 Å². The van der Waals surface area contributed by atoms with Gasteiger partial charge < -0.3 is 9.14 Å². The number of hydrogen-bond acceptors (Lipinski definition) is 2. The molecule has 0 saturated heterocycles. The molecule has 0 aliphatic heterocycles. The van der Waals surface area contributed by atoms with E-state index in [9.17, 15) is 9.18 Å². The Morgan fingerprint density at radius 1 is 1.00 bits per heavy atom. The Bertz CT molecular complexity index is 1130. The van der Waals surface area contributed by atoms with Crippen LogP contribution in [0.2, 0.25) is 0 Å².